The van der Waals surface area contributed by atoms with Gasteiger partial charge in [-0.15, -0.1) is 0 Å². The molecular formula is C15H17NO6S. The normalized spacial score (nSPS) is 22.1. The third-order valence-electron chi connectivity index (χ3n) is 3.91. The number of hydrogen-bond donors (Lipinski definition) is 0. The molecule has 1 atom stereocenters. The topological polar surface area (TPSA) is 90.0 Å². The van der Waals surface area contributed by atoms with E-state index in [1.807, 2.05) is 0 Å². The molecule has 0 bridgehead atoms. The Morgan fingerprint density at radius 3 is 2.65 bits per heavy atom. The van der Waals surface area contributed by atoms with E-state index >= 15 is 0 Å². The van der Waals surface area contributed by atoms with Gasteiger partial charge in [-0.2, -0.15) is 4.31 Å². The van der Waals surface area contributed by atoms with E-state index in [-0.39, 0.29) is 17.1 Å². The van der Waals surface area contributed by atoms with Crippen LogP contribution in [0.15, 0.2) is 29.2 Å². The van der Waals surface area contributed by atoms with Gasteiger partial charge in [-0.1, -0.05) is 6.07 Å². The van der Waals surface area contributed by atoms with Gasteiger partial charge in [0.05, 0.1) is 17.1 Å². The van der Waals surface area contributed by atoms with E-state index < -0.39 is 28.1 Å². The van der Waals surface area contributed by atoms with E-state index in [1.54, 1.807) is 0 Å². The number of carbonyl (C=O) groups excluding carboxylic acids is 2. The van der Waals surface area contributed by atoms with Gasteiger partial charge in [0.1, 0.15) is 0 Å². The molecule has 2 saturated heterocycles. The molecule has 2 aliphatic heterocycles. The maximum atomic E-state index is 12.5. The Balaban J connectivity index is 1.79. The second-order valence-corrected chi connectivity index (χ2v) is 7.43. The molecule has 0 aromatic heterocycles. The summed E-state index contributed by atoms with van der Waals surface area (Å²) in [6.07, 6.45) is 1.08. The molecular weight excluding hydrogens is 322 g/mol. The van der Waals surface area contributed by atoms with Crippen molar-refractivity contribution in [1.29, 1.82) is 0 Å². The Morgan fingerprint density at radius 2 is 2.00 bits per heavy atom. The van der Waals surface area contributed by atoms with E-state index in [4.69, 9.17) is 9.47 Å². The van der Waals surface area contributed by atoms with Crippen molar-refractivity contribution < 1.29 is 27.5 Å². The summed E-state index contributed by atoms with van der Waals surface area (Å²) in [5.41, 5.74) is 0.102. The van der Waals surface area contributed by atoms with Crippen molar-refractivity contribution in [1.82, 2.24) is 4.31 Å². The van der Waals surface area contributed by atoms with E-state index in [2.05, 4.69) is 0 Å². The minimum atomic E-state index is -3.60. The van der Waals surface area contributed by atoms with Crippen molar-refractivity contribution in [2.75, 3.05) is 19.7 Å². The van der Waals surface area contributed by atoms with Crippen LogP contribution in [0.5, 0.6) is 0 Å². The number of carbonyl (C=O) groups is 2. The highest BCUT2D eigenvalue weighted by Gasteiger charge is 2.31. The number of nitrogens with zero attached hydrogens (tertiary/aromatic N) is 1. The molecule has 7 nitrogen and oxygen atoms in total. The number of cyclic esters (lactones) is 1. The molecule has 8 heteroatoms. The van der Waals surface area contributed by atoms with E-state index in [9.17, 15) is 18.0 Å². The third kappa shape index (κ3) is 3.23. The minimum absolute atomic E-state index is 0.0582. The molecule has 0 saturated carbocycles. The monoisotopic (exact) mass is 339 g/mol. The molecule has 2 aliphatic rings. The van der Waals surface area contributed by atoms with Gasteiger partial charge in [-0.3, -0.25) is 0 Å². The Bertz CT molecular complexity index is 723. The smallest absolute Gasteiger partial charge is 0.347 e. The lowest BCUT2D eigenvalue weighted by atomic mass is 10.2. The van der Waals surface area contributed by atoms with Gasteiger partial charge in [0, 0.05) is 19.5 Å². The highest BCUT2D eigenvalue weighted by Crippen LogP contribution is 2.22. The van der Waals surface area contributed by atoms with Gasteiger partial charge in [0.15, 0.2) is 0 Å². The zero-order valence-electron chi connectivity index (χ0n) is 12.4. The summed E-state index contributed by atoms with van der Waals surface area (Å²) in [5.74, 6) is -1.30. The van der Waals surface area contributed by atoms with E-state index in [0.29, 0.717) is 19.5 Å². The van der Waals surface area contributed by atoms with Crippen LogP contribution >= 0.6 is 0 Å². The fourth-order valence-corrected chi connectivity index (χ4v) is 4.21. The first-order valence-corrected chi connectivity index (χ1v) is 8.90. The largest absolute Gasteiger partial charge is 0.463 e. The first-order valence-electron chi connectivity index (χ1n) is 7.46. The molecule has 1 aromatic carbocycles. The first-order chi connectivity index (χ1) is 11.0. The summed E-state index contributed by atoms with van der Waals surface area (Å²) < 4.78 is 36.2. The predicted molar refractivity (Wildman–Crippen MR) is 79.2 cm³/mol. The van der Waals surface area contributed by atoms with Crippen LogP contribution in [0.2, 0.25) is 0 Å². The number of sulfonamides is 1. The van der Waals surface area contributed by atoms with Crippen LogP contribution in [-0.2, 0) is 24.3 Å². The van der Waals surface area contributed by atoms with Crippen molar-refractivity contribution in [2.45, 2.75) is 30.3 Å². The third-order valence-corrected chi connectivity index (χ3v) is 5.80. The molecule has 2 fully saturated rings. The fourth-order valence-electron chi connectivity index (χ4n) is 2.64. The van der Waals surface area contributed by atoms with Crippen molar-refractivity contribution in [3.63, 3.8) is 0 Å². The van der Waals surface area contributed by atoms with Gasteiger partial charge in [-0.05, 0) is 31.0 Å². The summed E-state index contributed by atoms with van der Waals surface area (Å²) in [4.78, 5) is 23.5. The summed E-state index contributed by atoms with van der Waals surface area (Å²) in [5, 5.41) is 0. The maximum Gasteiger partial charge on any atom is 0.347 e. The number of esters is 2. The zero-order valence-corrected chi connectivity index (χ0v) is 13.3. The molecule has 124 valence electrons. The molecule has 0 aliphatic carbocycles. The molecule has 1 unspecified atom stereocenters. The van der Waals surface area contributed by atoms with E-state index in [1.165, 1.54) is 28.6 Å². The second kappa shape index (κ2) is 6.29. The van der Waals surface area contributed by atoms with Gasteiger partial charge >= 0.3 is 11.9 Å². The van der Waals surface area contributed by atoms with Crippen molar-refractivity contribution in [3.05, 3.63) is 29.8 Å². The molecule has 3 rings (SSSR count). The zero-order chi connectivity index (χ0) is 16.4. The van der Waals surface area contributed by atoms with Crippen LogP contribution < -0.4 is 0 Å². The minimum Gasteiger partial charge on any atom is -0.463 e. The van der Waals surface area contributed by atoms with Gasteiger partial charge in [0.25, 0.3) is 0 Å². The van der Waals surface area contributed by atoms with Crippen LogP contribution in [0.3, 0.4) is 0 Å². The maximum absolute atomic E-state index is 12.5. The lowest BCUT2D eigenvalue weighted by Crippen LogP contribution is -2.28. The first kappa shape index (κ1) is 15.9. The molecule has 0 spiro atoms. The Kier molecular flexibility index (Phi) is 4.36. The molecule has 1 aromatic rings. The van der Waals surface area contributed by atoms with Gasteiger partial charge < -0.3 is 9.47 Å². The van der Waals surface area contributed by atoms with Crippen LogP contribution in [-0.4, -0.2) is 50.5 Å². The quantitative estimate of drug-likeness (QED) is 0.759. The molecule has 2 heterocycles. The Morgan fingerprint density at radius 1 is 1.26 bits per heavy atom. The van der Waals surface area contributed by atoms with Crippen LogP contribution in [0.25, 0.3) is 0 Å². The number of hydrogen-bond acceptors (Lipinski definition) is 6. The predicted octanol–water partition coefficient (Wildman–Crippen LogP) is 0.943. The Hall–Kier alpha value is -1.93. The molecule has 0 N–H and O–H groups in total. The summed E-state index contributed by atoms with van der Waals surface area (Å²) in [7, 11) is -3.60. The van der Waals surface area contributed by atoms with Crippen molar-refractivity contribution >= 4 is 22.0 Å². The lowest BCUT2D eigenvalue weighted by Gasteiger charge is -2.16. The van der Waals surface area contributed by atoms with E-state index in [0.717, 1.165) is 12.8 Å². The number of ether oxygens (including phenoxy) is 2. The summed E-state index contributed by atoms with van der Waals surface area (Å²) in [6, 6.07) is 5.70. The summed E-state index contributed by atoms with van der Waals surface area (Å²) >= 11 is 0. The molecule has 0 amide bonds. The van der Waals surface area contributed by atoms with Crippen molar-refractivity contribution in [2.24, 2.45) is 0 Å². The average Bonchev–Trinajstić information content (AvgIpc) is 3.20. The summed E-state index contributed by atoms with van der Waals surface area (Å²) in [6.45, 7) is 1.20. The Labute approximate surface area is 134 Å². The van der Waals surface area contributed by atoms with Gasteiger partial charge in [-0.25, -0.2) is 18.0 Å². The highest BCUT2D eigenvalue weighted by molar-refractivity contribution is 7.89. The molecule has 0 radical (unpaired) electrons. The van der Waals surface area contributed by atoms with Crippen molar-refractivity contribution in [3.8, 4) is 0 Å². The second-order valence-electron chi connectivity index (χ2n) is 5.49. The van der Waals surface area contributed by atoms with Crippen LogP contribution in [0.4, 0.5) is 0 Å². The number of rotatable bonds is 4. The van der Waals surface area contributed by atoms with Crippen LogP contribution in [0.1, 0.15) is 29.6 Å². The highest BCUT2D eigenvalue weighted by atomic mass is 32.2. The number of benzene rings is 1. The standard InChI is InChI=1S/C15H17NO6S/c17-14(22-13-6-9-21-15(13)18)11-4-3-5-12(10-11)23(19,20)16-7-1-2-8-16/h3-5,10,13H,1-2,6-9H2. The van der Waals surface area contributed by atoms with Crippen LogP contribution in [0, 0.1) is 0 Å². The lowest BCUT2D eigenvalue weighted by molar-refractivity contribution is -0.145. The SMILES string of the molecule is O=C(OC1CCOC1=O)c1cccc(S(=O)(=O)N2CCCC2)c1. The molecule has 23 heavy (non-hydrogen) atoms. The average molecular weight is 339 g/mol. The fraction of sp³-hybridized carbons (Fsp3) is 0.467. The van der Waals surface area contributed by atoms with Gasteiger partial charge in [0.2, 0.25) is 16.1 Å².